The molecule has 4 heteroatoms. The average molecular weight is 405 g/mol. The maximum Gasteiger partial charge on any atom is 0.253 e. The highest BCUT2D eigenvalue weighted by atomic mass is 32.2. The second-order valence-electron chi connectivity index (χ2n) is 7.91. The number of para-hydroxylation sites is 1. The number of amides is 1. The number of carbonyl (C=O) groups excluding carboxylic acids is 1. The van der Waals surface area contributed by atoms with Crippen LogP contribution in [-0.2, 0) is 0 Å². The van der Waals surface area contributed by atoms with Crippen LogP contribution in [0.1, 0.15) is 49.4 Å². The van der Waals surface area contributed by atoms with Crippen LogP contribution in [0, 0.1) is 5.92 Å². The molecular formula is C25H28N2OS. The van der Waals surface area contributed by atoms with Gasteiger partial charge in [-0.15, -0.1) is 11.8 Å². The number of rotatable bonds is 5. The van der Waals surface area contributed by atoms with Crippen molar-refractivity contribution in [3.05, 3.63) is 60.2 Å². The molecule has 1 atom stereocenters. The minimum Gasteiger partial charge on any atom is -0.349 e. The van der Waals surface area contributed by atoms with Gasteiger partial charge >= 0.3 is 0 Å². The third kappa shape index (κ3) is 4.18. The van der Waals surface area contributed by atoms with Crippen LogP contribution in [-0.4, -0.2) is 23.2 Å². The van der Waals surface area contributed by atoms with Crippen molar-refractivity contribution in [3.63, 3.8) is 0 Å². The Hall–Kier alpha value is -2.33. The first-order valence-corrected chi connectivity index (χ1v) is 11.7. The zero-order chi connectivity index (χ0) is 20.2. The molecular weight excluding hydrogens is 376 g/mol. The van der Waals surface area contributed by atoms with E-state index in [1.807, 2.05) is 48.7 Å². The van der Waals surface area contributed by atoms with Crippen molar-refractivity contribution in [3.8, 4) is 11.3 Å². The van der Waals surface area contributed by atoms with Crippen molar-refractivity contribution in [2.24, 2.45) is 5.92 Å². The number of aromatic nitrogens is 1. The molecule has 0 spiro atoms. The van der Waals surface area contributed by atoms with Gasteiger partial charge in [-0.1, -0.05) is 67.8 Å². The predicted molar refractivity (Wildman–Crippen MR) is 122 cm³/mol. The van der Waals surface area contributed by atoms with Crippen molar-refractivity contribution in [2.45, 2.75) is 50.0 Å². The third-order valence-electron chi connectivity index (χ3n) is 6.04. The molecule has 1 aliphatic rings. The first kappa shape index (κ1) is 20.0. The number of hydrogen-bond donors (Lipinski definition) is 1. The summed E-state index contributed by atoms with van der Waals surface area (Å²) in [6.45, 7) is 2.16. The largest absolute Gasteiger partial charge is 0.349 e. The van der Waals surface area contributed by atoms with Gasteiger partial charge in [-0.2, -0.15) is 0 Å². The van der Waals surface area contributed by atoms with E-state index < -0.39 is 0 Å². The van der Waals surface area contributed by atoms with E-state index in [4.69, 9.17) is 4.98 Å². The van der Waals surface area contributed by atoms with E-state index >= 15 is 0 Å². The van der Waals surface area contributed by atoms with Crippen molar-refractivity contribution in [2.75, 3.05) is 6.26 Å². The van der Waals surface area contributed by atoms with Gasteiger partial charge in [-0.05, 0) is 38.0 Å². The van der Waals surface area contributed by atoms with Crippen LogP contribution in [0.4, 0.5) is 0 Å². The molecule has 3 nitrogen and oxygen atoms in total. The molecule has 1 aliphatic carbocycles. The van der Waals surface area contributed by atoms with Gasteiger partial charge in [0.2, 0.25) is 0 Å². The summed E-state index contributed by atoms with van der Waals surface area (Å²) in [7, 11) is 0. The molecule has 1 saturated carbocycles. The Morgan fingerprint density at radius 1 is 1.03 bits per heavy atom. The summed E-state index contributed by atoms with van der Waals surface area (Å²) in [4.78, 5) is 19.4. The van der Waals surface area contributed by atoms with Crippen molar-refractivity contribution >= 4 is 28.6 Å². The minimum atomic E-state index is 0.0169. The highest BCUT2D eigenvalue weighted by molar-refractivity contribution is 7.98. The van der Waals surface area contributed by atoms with Crippen LogP contribution in [0.2, 0.25) is 0 Å². The molecule has 0 bridgehead atoms. The van der Waals surface area contributed by atoms with Gasteiger partial charge in [0, 0.05) is 21.9 Å². The summed E-state index contributed by atoms with van der Waals surface area (Å²) >= 11 is 1.60. The number of pyridine rings is 1. The first-order valence-electron chi connectivity index (χ1n) is 10.5. The molecule has 1 amide bonds. The highest BCUT2D eigenvalue weighted by Gasteiger charge is 2.25. The van der Waals surface area contributed by atoms with Crippen LogP contribution >= 0.6 is 11.8 Å². The van der Waals surface area contributed by atoms with E-state index in [2.05, 4.69) is 24.4 Å². The number of carbonyl (C=O) groups is 1. The Morgan fingerprint density at radius 3 is 2.45 bits per heavy atom. The highest BCUT2D eigenvalue weighted by Crippen LogP contribution is 2.36. The van der Waals surface area contributed by atoms with Crippen molar-refractivity contribution < 1.29 is 4.79 Å². The lowest BCUT2D eigenvalue weighted by molar-refractivity contribution is 0.0918. The molecule has 4 rings (SSSR count). The smallest absolute Gasteiger partial charge is 0.253 e. The first-order chi connectivity index (χ1) is 14.2. The maximum atomic E-state index is 13.5. The molecule has 0 unspecified atom stereocenters. The van der Waals surface area contributed by atoms with Crippen LogP contribution in [0.25, 0.3) is 22.2 Å². The van der Waals surface area contributed by atoms with Gasteiger partial charge < -0.3 is 5.32 Å². The number of fused-ring (bicyclic) bond motifs is 1. The second kappa shape index (κ2) is 9.00. The summed E-state index contributed by atoms with van der Waals surface area (Å²) in [6, 6.07) is 18.3. The molecule has 2 aromatic carbocycles. The van der Waals surface area contributed by atoms with Gasteiger partial charge in [0.05, 0.1) is 16.8 Å². The molecule has 0 aliphatic heterocycles. The van der Waals surface area contributed by atoms with E-state index in [1.54, 1.807) is 11.8 Å². The molecule has 1 aromatic heterocycles. The van der Waals surface area contributed by atoms with E-state index in [0.717, 1.165) is 32.6 Å². The maximum absolute atomic E-state index is 13.5. The molecule has 1 heterocycles. The summed E-state index contributed by atoms with van der Waals surface area (Å²) in [6.07, 6.45) is 8.32. The number of thioether (sulfide) groups is 1. The molecule has 1 fully saturated rings. The normalized spacial score (nSPS) is 15.9. The Balaban J connectivity index is 1.78. The topological polar surface area (TPSA) is 42.0 Å². The predicted octanol–water partition coefficient (Wildman–Crippen LogP) is 6.32. The van der Waals surface area contributed by atoms with E-state index in [0.29, 0.717) is 5.92 Å². The zero-order valence-corrected chi connectivity index (χ0v) is 18.0. The quantitative estimate of drug-likeness (QED) is 0.506. The van der Waals surface area contributed by atoms with Crippen LogP contribution in [0.3, 0.4) is 0 Å². The van der Waals surface area contributed by atoms with Gasteiger partial charge in [-0.25, -0.2) is 4.98 Å². The fourth-order valence-electron chi connectivity index (χ4n) is 4.44. The van der Waals surface area contributed by atoms with Crippen LogP contribution < -0.4 is 5.32 Å². The fraction of sp³-hybridized carbons (Fsp3) is 0.360. The molecule has 0 saturated heterocycles. The minimum absolute atomic E-state index is 0.0169. The summed E-state index contributed by atoms with van der Waals surface area (Å²) in [5, 5.41) is 4.25. The molecule has 0 radical (unpaired) electrons. The molecule has 150 valence electrons. The average Bonchev–Trinajstić information content (AvgIpc) is 2.78. The summed E-state index contributed by atoms with van der Waals surface area (Å²) in [5.74, 6) is 0.593. The number of nitrogens with zero attached hydrogens (tertiary/aromatic N) is 1. The third-order valence-corrected chi connectivity index (χ3v) is 6.85. The van der Waals surface area contributed by atoms with Crippen molar-refractivity contribution in [1.82, 2.24) is 10.3 Å². The Kier molecular flexibility index (Phi) is 6.19. The van der Waals surface area contributed by atoms with Crippen LogP contribution in [0.15, 0.2) is 59.5 Å². The van der Waals surface area contributed by atoms with E-state index in [9.17, 15) is 4.79 Å². The number of hydrogen-bond acceptors (Lipinski definition) is 3. The Labute approximate surface area is 177 Å². The molecule has 1 N–H and O–H groups in total. The Morgan fingerprint density at radius 2 is 1.72 bits per heavy atom. The van der Waals surface area contributed by atoms with E-state index in [-0.39, 0.29) is 11.9 Å². The SMILES string of the molecule is CSc1c(-c2ccccc2)nc2ccccc2c1C(=O)N[C@@H](C)C1CCCCC1. The fourth-order valence-corrected chi connectivity index (χ4v) is 5.20. The lowest BCUT2D eigenvalue weighted by Crippen LogP contribution is -2.39. The lowest BCUT2D eigenvalue weighted by atomic mass is 9.84. The monoisotopic (exact) mass is 404 g/mol. The number of nitrogens with one attached hydrogen (secondary N) is 1. The second-order valence-corrected chi connectivity index (χ2v) is 8.73. The van der Waals surface area contributed by atoms with Gasteiger partial charge in [-0.3, -0.25) is 4.79 Å². The summed E-state index contributed by atoms with van der Waals surface area (Å²) < 4.78 is 0. The van der Waals surface area contributed by atoms with Gasteiger partial charge in [0.25, 0.3) is 5.91 Å². The van der Waals surface area contributed by atoms with Crippen molar-refractivity contribution in [1.29, 1.82) is 0 Å². The van der Waals surface area contributed by atoms with E-state index in [1.165, 1.54) is 32.1 Å². The lowest BCUT2D eigenvalue weighted by Gasteiger charge is -2.28. The zero-order valence-electron chi connectivity index (χ0n) is 17.2. The molecule has 3 aromatic rings. The Bertz CT molecular complexity index is 996. The van der Waals surface area contributed by atoms with Gasteiger partial charge in [0.1, 0.15) is 0 Å². The standard InChI is InChI=1S/C25H28N2OS/c1-17(18-11-5-3-6-12-18)26-25(28)22-20-15-9-10-16-21(20)27-23(24(22)29-2)19-13-7-4-8-14-19/h4,7-10,13-18H,3,5-6,11-12H2,1-2H3,(H,26,28)/t17-/m0/s1. The molecule has 29 heavy (non-hydrogen) atoms. The van der Waals surface area contributed by atoms with Gasteiger partial charge in [0.15, 0.2) is 0 Å². The number of benzene rings is 2. The van der Waals surface area contributed by atoms with Crippen LogP contribution in [0.5, 0.6) is 0 Å². The summed E-state index contributed by atoms with van der Waals surface area (Å²) in [5.41, 5.74) is 3.54.